The summed E-state index contributed by atoms with van der Waals surface area (Å²) in [5.74, 6) is 1.69. The lowest BCUT2D eigenvalue weighted by molar-refractivity contribution is 0.163. The Hall–Kier alpha value is -2.54. The Balaban J connectivity index is 1.20. The Labute approximate surface area is 162 Å². The van der Waals surface area contributed by atoms with Gasteiger partial charge in [-0.05, 0) is 56.8 Å². The molecule has 1 aliphatic heterocycles. The summed E-state index contributed by atoms with van der Waals surface area (Å²) >= 11 is 0. The van der Waals surface area contributed by atoms with Crippen molar-refractivity contribution >= 4 is 10.9 Å². The Morgan fingerprint density at radius 2 is 1.96 bits per heavy atom. The van der Waals surface area contributed by atoms with Gasteiger partial charge < -0.3 is 4.52 Å². The van der Waals surface area contributed by atoms with Crippen molar-refractivity contribution in [3.05, 3.63) is 58.2 Å². The van der Waals surface area contributed by atoms with Gasteiger partial charge in [-0.2, -0.15) is 0 Å². The maximum Gasteiger partial charge on any atom is 0.261 e. The van der Waals surface area contributed by atoms with E-state index in [-0.39, 0.29) is 11.4 Å². The molecule has 6 nitrogen and oxygen atoms in total. The SMILES string of the molecule is O=c1c2ccc(F)cc2ncn1CC1CCN(Cc2cc(C3CC3)on2)CC1. The van der Waals surface area contributed by atoms with Gasteiger partial charge in [-0.25, -0.2) is 9.37 Å². The topological polar surface area (TPSA) is 64.2 Å². The van der Waals surface area contributed by atoms with Gasteiger partial charge in [-0.1, -0.05) is 5.16 Å². The highest BCUT2D eigenvalue weighted by molar-refractivity contribution is 5.77. The van der Waals surface area contributed by atoms with E-state index in [9.17, 15) is 9.18 Å². The summed E-state index contributed by atoms with van der Waals surface area (Å²) in [5, 5.41) is 4.68. The maximum atomic E-state index is 13.3. The molecule has 0 amide bonds. The predicted molar refractivity (Wildman–Crippen MR) is 102 cm³/mol. The fraction of sp³-hybridized carbons (Fsp3) is 0.476. The Morgan fingerprint density at radius 1 is 1.14 bits per heavy atom. The molecule has 0 N–H and O–H groups in total. The van der Waals surface area contributed by atoms with Gasteiger partial charge in [0.2, 0.25) is 0 Å². The molecule has 0 unspecified atom stereocenters. The highest BCUT2D eigenvalue weighted by Crippen LogP contribution is 2.40. The fourth-order valence-electron chi connectivity index (χ4n) is 4.06. The number of hydrogen-bond acceptors (Lipinski definition) is 5. The first-order valence-corrected chi connectivity index (χ1v) is 9.98. The zero-order chi connectivity index (χ0) is 19.1. The van der Waals surface area contributed by atoms with Crippen molar-refractivity contribution in [2.24, 2.45) is 5.92 Å². The zero-order valence-electron chi connectivity index (χ0n) is 15.7. The van der Waals surface area contributed by atoms with Gasteiger partial charge in [0.05, 0.1) is 22.9 Å². The van der Waals surface area contributed by atoms with Gasteiger partial charge >= 0.3 is 0 Å². The van der Waals surface area contributed by atoms with E-state index in [1.807, 2.05) is 0 Å². The van der Waals surface area contributed by atoms with E-state index >= 15 is 0 Å². The van der Waals surface area contributed by atoms with Gasteiger partial charge in [0.15, 0.2) is 0 Å². The van der Waals surface area contributed by atoms with Crippen molar-refractivity contribution in [3.8, 4) is 0 Å². The normalized spacial score (nSPS) is 18.8. The van der Waals surface area contributed by atoms with Gasteiger partial charge in [0.25, 0.3) is 5.56 Å². The smallest absolute Gasteiger partial charge is 0.261 e. The summed E-state index contributed by atoms with van der Waals surface area (Å²) in [6.45, 7) is 3.45. The lowest BCUT2D eigenvalue weighted by Crippen LogP contribution is -2.36. The van der Waals surface area contributed by atoms with E-state index in [2.05, 4.69) is 21.1 Å². The minimum Gasteiger partial charge on any atom is -0.361 e. The zero-order valence-corrected chi connectivity index (χ0v) is 15.7. The fourth-order valence-corrected chi connectivity index (χ4v) is 4.06. The summed E-state index contributed by atoms with van der Waals surface area (Å²) in [6, 6.07) is 6.24. The second-order valence-corrected chi connectivity index (χ2v) is 8.08. The van der Waals surface area contributed by atoms with Gasteiger partial charge in [0, 0.05) is 31.1 Å². The summed E-state index contributed by atoms with van der Waals surface area (Å²) in [7, 11) is 0. The molecular weight excluding hydrogens is 359 g/mol. The van der Waals surface area contributed by atoms with E-state index in [0.717, 1.165) is 43.9 Å². The van der Waals surface area contributed by atoms with Crippen molar-refractivity contribution in [1.82, 2.24) is 19.6 Å². The second-order valence-electron chi connectivity index (χ2n) is 8.08. The van der Waals surface area contributed by atoms with Crippen LogP contribution in [0.5, 0.6) is 0 Å². The maximum absolute atomic E-state index is 13.3. The number of fused-ring (bicyclic) bond motifs is 1. The first kappa shape index (κ1) is 17.6. The van der Waals surface area contributed by atoms with Crippen LogP contribution in [0.1, 0.15) is 43.1 Å². The summed E-state index contributed by atoms with van der Waals surface area (Å²) in [6.07, 6.45) is 6.05. The quantitative estimate of drug-likeness (QED) is 0.677. The number of hydrogen-bond donors (Lipinski definition) is 0. The number of benzene rings is 1. The Kier molecular flexibility index (Phi) is 4.47. The lowest BCUT2D eigenvalue weighted by Gasteiger charge is -2.31. The predicted octanol–water partition coefficient (Wildman–Crippen LogP) is 3.31. The third kappa shape index (κ3) is 3.58. The van der Waals surface area contributed by atoms with Crippen LogP contribution >= 0.6 is 0 Å². The summed E-state index contributed by atoms with van der Waals surface area (Å²) in [4.78, 5) is 19.3. The second kappa shape index (κ2) is 7.13. The lowest BCUT2D eigenvalue weighted by atomic mass is 9.96. The highest BCUT2D eigenvalue weighted by Gasteiger charge is 2.28. The van der Waals surface area contributed by atoms with Crippen LogP contribution in [0.3, 0.4) is 0 Å². The number of piperidine rings is 1. The molecule has 7 heteroatoms. The molecule has 2 aromatic heterocycles. The van der Waals surface area contributed by atoms with Gasteiger partial charge in [0.1, 0.15) is 11.6 Å². The Morgan fingerprint density at radius 3 is 2.75 bits per heavy atom. The van der Waals surface area contributed by atoms with Crippen LogP contribution in [0, 0.1) is 11.7 Å². The molecular formula is C21H23FN4O2. The van der Waals surface area contributed by atoms with Crippen LogP contribution in [0.15, 0.2) is 39.9 Å². The highest BCUT2D eigenvalue weighted by atomic mass is 19.1. The number of likely N-dealkylation sites (tertiary alicyclic amines) is 1. The van der Waals surface area contributed by atoms with Crippen molar-refractivity contribution in [2.45, 2.75) is 44.7 Å². The van der Waals surface area contributed by atoms with Crippen LogP contribution in [-0.4, -0.2) is 32.7 Å². The van der Waals surface area contributed by atoms with Gasteiger partial charge in [-0.3, -0.25) is 14.3 Å². The average Bonchev–Trinajstić information content (AvgIpc) is 3.45. The van der Waals surface area contributed by atoms with Crippen molar-refractivity contribution in [2.75, 3.05) is 13.1 Å². The van der Waals surface area contributed by atoms with Crippen molar-refractivity contribution in [3.63, 3.8) is 0 Å². The van der Waals surface area contributed by atoms with Crippen LogP contribution in [0.4, 0.5) is 4.39 Å². The van der Waals surface area contributed by atoms with Crippen LogP contribution in [0.2, 0.25) is 0 Å². The molecule has 1 aromatic carbocycles. The van der Waals surface area contributed by atoms with Crippen molar-refractivity contribution in [1.29, 1.82) is 0 Å². The molecule has 0 atom stereocenters. The molecule has 1 saturated carbocycles. The Bertz CT molecular complexity index is 1050. The standard InChI is InChI=1S/C21H23FN4O2/c22-16-3-4-18-19(9-16)23-13-26(21(18)27)11-14-5-7-25(8-6-14)12-17-10-20(28-24-17)15-1-2-15/h3-4,9-10,13-15H,1-2,5-8,11-12H2. The molecule has 1 saturated heterocycles. The molecule has 2 fully saturated rings. The molecule has 0 bridgehead atoms. The number of aromatic nitrogens is 3. The third-order valence-corrected chi connectivity index (χ3v) is 5.89. The van der Waals surface area contributed by atoms with Crippen LogP contribution in [-0.2, 0) is 13.1 Å². The first-order chi connectivity index (χ1) is 13.7. The van der Waals surface area contributed by atoms with Crippen LogP contribution in [0.25, 0.3) is 10.9 Å². The molecule has 2 aliphatic rings. The largest absolute Gasteiger partial charge is 0.361 e. The average molecular weight is 382 g/mol. The minimum absolute atomic E-state index is 0.0948. The van der Waals surface area contributed by atoms with E-state index in [1.54, 1.807) is 10.9 Å². The molecule has 5 rings (SSSR count). The van der Waals surface area contributed by atoms with E-state index in [1.165, 1.54) is 31.0 Å². The van der Waals surface area contributed by atoms with Crippen molar-refractivity contribution < 1.29 is 8.91 Å². The van der Waals surface area contributed by atoms with E-state index in [0.29, 0.717) is 29.3 Å². The minimum atomic E-state index is -0.374. The number of halogens is 1. The number of nitrogens with zero attached hydrogens (tertiary/aromatic N) is 4. The molecule has 146 valence electrons. The number of rotatable bonds is 5. The molecule has 3 heterocycles. The molecule has 0 spiro atoms. The molecule has 0 radical (unpaired) electrons. The monoisotopic (exact) mass is 382 g/mol. The summed E-state index contributed by atoms with van der Waals surface area (Å²) < 4.78 is 20.4. The van der Waals surface area contributed by atoms with Crippen LogP contribution < -0.4 is 5.56 Å². The van der Waals surface area contributed by atoms with E-state index in [4.69, 9.17) is 4.52 Å². The molecule has 28 heavy (non-hydrogen) atoms. The molecule has 1 aliphatic carbocycles. The van der Waals surface area contributed by atoms with E-state index < -0.39 is 0 Å². The third-order valence-electron chi connectivity index (χ3n) is 5.89. The summed E-state index contributed by atoms with van der Waals surface area (Å²) in [5.41, 5.74) is 1.33. The van der Waals surface area contributed by atoms with Gasteiger partial charge in [-0.15, -0.1) is 0 Å². The first-order valence-electron chi connectivity index (χ1n) is 9.98. The molecule has 3 aromatic rings.